The van der Waals surface area contributed by atoms with Crippen LogP contribution in [0.3, 0.4) is 0 Å². The summed E-state index contributed by atoms with van der Waals surface area (Å²) >= 11 is 0. The van der Waals surface area contributed by atoms with Gasteiger partial charge in [-0.1, -0.05) is 44.7 Å². The molecule has 1 fully saturated rings. The molecule has 2 heterocycles. The highest BCUT2D eigenvalue weighted by atomic mass is 16.5. The highest BCUT2D eigenvalue weighted by Crippen LogP contribution is 2.25. The molecule has 1 aromatic carbocycles. The maximum absolute atomic E-state index is 12.4. The molecule has 166 valence electrons. The molecular formula is C24H33N5O2. The summed E-state index contributed by atoms with van der Waals surface area (Å²) in [5, 5.41) is 19.5. The zero-order chi connectivity index (χ0) is 21.6. The van der Waals surface area contributed by atoms with Gasteiger partial charge in [0.05, 0.1) is 10.9 Å². The third kappa shape index (κ3) is 4.92. The van der Waals surface area contributed by atoms with Crippen LogP contribution in [0.4, 0.5) is 4.79 Å². The van der Waals surface area contributed by atoms with Gasteiger partial charge in [-0.15, -0.1) is 0 Å². The molecule has 1 saturated carbocycles. The van der Waals surface area contributed by atoms with Crippen molar-refractivity contribution in [3.05, 3.63) is 41.5 Å². The number of hydrogen-bond donors (Lipinski definition) is 2. The van der Waals surface area contributed by atoms with E-state index in [4.69, 9.17) is 4.98 Å². The molecule has 2 amide bonds. The molecule has 4 rings (SSSR count). The number of aryl methyl sites for hydroxylation is 2. The summed E-state index contributed by atoms with van der Waals surface area (Å²) < 4.78 is 3.16. The highest BCUT2D eigenvalue weighted by Gasteiger charge is 2.18. The summed E-state index contributed by atoms with van der Waals surface area (Å²) in [4.78, 5) is 17.0. The van der Waals surface area contributed by atoms with Crippen LogP contribution in [0.1, 0.15) is 64.1 Å². The Hall–Kier alpha value is -2.83. The van der Waals surface area contributed by atoms with E-state index < -0.39 is 0 Å². The molecule has 0 bridgehead atoms. The number of rotatable bonds is 8. The van der Waals surface area contributed by atoms with Crippen molar-refractivity contribution in [1.29, 1.82) is 0 Å². The summed E-state index contributed by atoms with van der Waals surface area (Å²) in [6, 6.07) is 7.94. The summed E-state index contributed by atoms with van der Waals surface area (Å²) in [6.07, 6.45) is 11.3. The van der Waals surface area contributed by atoms with Gasteiger partial charge in [-0.05, 0) is 31.7 Å². The van der Waals surface area contributed by atoms with E-state index in [9.17, 15) is 10.0 Å². The summed E-state index contributed by atoms with van der Waals surface area (Å²) in [5.41, 5.74) is 2.41. The standard InChI is InChI=1S/C24H33N5O2/c1-2-3-14-22-27-20-17-29(31)21-13-8-7-12-19(21)23(20)28(22)16-9-15-25-24(30)26-18-10-5-4-6-11-18/h7-8,12-13,17-18H,2-6,9-11,14-16H2,1H3,(H2,25,26,30). The van der Waals surface area contributed by atoms with Crippen molar-refractivity contribution in [2.45, 2.75) is 77.3 Å². The number of para-hydroxylation sites is 1. The quantitative estimate of drug-likeness (QED) is 0.324. The number of nitrogens with one attached hydrogen (secondary N) is 2. The molecule has 3 aromatic rings. The third-order valence-electron chi connectivity index (χ3n) is 6.25. The van der Waals surface area contributed by atoms with Crippen molar-refractivity contribution in [2.75, 3.05) is 6.54 Å². The van der Waals surface area contributed by atoms with Crippen molar-refractivity contribution in [3.63, 3.8) is 0 Å². The summed E-state index contributed by atoms with van der Waals surface area (Å²) in [5.74, 6) is 1.01. The number of nitrogens with zero attached hydrogens (tertiary/aromatic N) is 3. The highest BCUT2D eigenvalue weighted by molar-refractivity contribution is 6.00. The lowest BCUT2D eigenvalue weighted by Crippen LogP contribution is -2.43. The third-order valence-corrected chi connectivity index (χ3v) is 6.25. The number of benzene rings is 1. The lowest BCUT2D eigenvalue weighted by molar-refractivity contribution is -0.575. The SMILES string of the molecule is CCCCc1nc2c[n+]([O-])c3ccccc3c2n1CCCNC(=O)NC1CCCCC1. The number of urea groups is 1. The van der Waals surface area contributed by atoms with Crippen LogP contribution < -0.4 is 15.4 Å². The van der Waals surface area contributed by atoms with Crippen LogP contribution in [0.15, 0.2) is 30.5 Å². The Bertz CT molecular complexity index is 1040. The first-order chi connectivity index (χ1) is 15.2. The molecule has 0 aliphatic heterocycles. The fraction of sp³-hybridized carbons (Fsp3) is 0.542. The van der Waals surface area contributed by atoms with Gasteiger partial charge in [0.25, 0.3) is 0 Å². The number of fused-ring (bicyclic) bond motifs is 3. The molecule has 1 aliphatic carbocycles. The number of pyridine rings is 1. The Balaban J connectivity index is 1.47. The van der Waals surface area contributed by atoms with E-state index >= 15 is 0 Å². The average Bonchev–Trinajstić information content (AvgIpc) is 3.13. The molecular weight excluding hydrogens is 390 g/mol. The first-order valence-electron chi connectivity index (χ1n) is 11.7. The van der Waals surface area contributed by atoms with Gasteiger partial charge in [0, 0.05) is 31.6 Å². The largest absolute Gasteiger partial charge is 0.618 e. The van der Waals surface area contributed by atoms with Crippen LogP contribution in [0, 0.1) is 5.21 Å². The zero-order valence-corrected chi connectivity index (χ0v) is 18.4. The Labute approximate surface area is 183 Å². The van der Waals surface area contributed by atoms with Crippen molar-refractivity contribution in [2.24, 2.45) is 0 Å². The number of carbonyl (C=O) groups is 1. The molecule has 7 nitrogen and oxygen atoms in total. The minimum atomic E-state index is -0.0635. The Kier molecular flexibility index (Phi) is 6.89. The fourth-order valence-corrected chi connectivity index (χ4v) is 4.63. The van der Waals surface area contributed by atoms with Gasteiger partial charge in [0.15, 0.2) is 5.52 Å². The number of aromatic nitrogens is 3. The zero-order valence-electron chi connectivity index (χ0n) is 18.4. The smallest absolute Gasteiger partial charge is 0.315 e. The maximum Gasteiger partial charge on any atom is 0.315 e. The summed E-state index contributed by atoms with van der Waals surface area (Å²) in [7, 11) is 0. The Morgan fingerprint density at radius 2 is 2.03 bits per heavy atom. The molecule has 7 heteroatoms. The van der Waals surface area contributed by atoms with Crippen molar-refractivity contribution < 1.29 is 9.52 Å². The van der Waals surface area contributed by atoms with E-state index in [2.05, 4.69) is 22.1 Å². The molecule has 1 aliphatic rings. The molecule has 0 saturated heterocycles. The minimum absolute atomic E-state index is 0.0635. The van der Waals surface area contributed by atoms with Gasteiger partial charge in [0.1, 0.15) is 5.82 Å². The van der Waals surface area contributed by atoms with E-state index in [0.29, 0.717) is 18.1 Å². The van der Waals surface area contributed by atoms with Crippen molar-refractivity contribution in [1.82, 2.24) is 20.2 Å². The predicted octanol–water partition coefficient (Wildman–Crippen LogP) is 4.19. The van der Waals surface area contributed by atoms with Crippen LogP contribution in [0.2, 0.25) is 0 Å². The van der Waals surface area contributed by atoms with Crippen LogP contribution in [-0.4, -0.2) is 28.2 Å². The van der Waals surface area contributed by atoms with Gasteiger partial charge in [-0.25, -0.2) is 9.78 Å². The Morgan fingerprint density at radius 3 is 2.84 bits per heavy atom. The van der Waals surface area contributed by atoms with Gasteiger partial charge in [-0.3, -0.25) is 0 Å². The monoisotopic (exact) mass is 423 g/mol. The molecule has 0 spiro atoms. The average molecular weight is 424 g/mol. The first-order valence-corrected chi connectivity index (χ1v) is 11.7. The van der Waals surface area contributed by atoms with Crippen LogP contribution in [0.25, 0.3) is 21.9 Å². The number of carbonyl (C=O) groups excluding carboxylic acids is 1. The predicted molar refractivity (Wildman–Crippen MR) is 123 cm³/mol. The molecule has 0 unspecified atom stereocenters. The van der Waals surface area contributed by atoms with Crippen molar-refractivity contribution >= 4 is 28.0 Å². The second-order valence-corrected chi connectivity index (χ2v) is 8.58. The molecule has 2 N–H and O–H groups in total. The van der Waals surface area contributed by atoms with E-state index in [-0.39, 0.29) is 6.03 Å². The minimum Gasteiger partial charge on any atom is -0.618 e. The van der Waals surface area contributed by atoms with Gasteiger partial charge >= 0.3 is 6.03 Å². The topological polar surface area (TPSA) is 85.9 Å². The molecule has 0 atom stereocenters. The molecule has 2 aromatic heterocycles. The number of amides is 2. The van der Waals surface area contributed by atoms with E-state index in [0.717, 1.165) is 72.0 Å². The van der Waals surface area contributed by atoms with Gasteiger partial charge < -0.3 is 20.4 Å². The number of unbranched alkanes of at least 4 members (excludes halogenated alkanes) is 1. The van der Waals surface area contributed by atoms with Gasteiger partial charge in [0.2, 0.25) is 11.7 Å². The number of hydrogen-bond acceptors (Lipinski definition) is 3. The lowest BCUT2D eigenvalue weighted by atomic mass is 9.96. The fourth-order valence-electron chi connectivity index (χ4n) is 4.63. The maximum atomic E-state index is 12.4. The van der Waals surface area contributed by atoms with Crippen LogP contribution in [-0.2, 0) is 13.0 Å². The van der Waals surface area contributed by atoms with Gasteiger partial charge in [-0.2, -0.15) is 4.73 Å². The first kappa shape index (κ1) is 21.4. The van der Waals surface area contributed by atoms with Crippen LogP contribution >= 0.6 is 0 Å². The second kappa shape index (κ2) is 9.98. The van der Waals surface area contributed by atoms with Crippen molar-refractivity contribution in [3.8, 4) is 0 Å². The normalized spacial score (nSPS) is 14.9. The molecule has 0 radical (unpaired) electrons. The van der Waals surface area contributed by atoms with Crippen LogP contribution in [0.5, 0.6) is 0 Å². The second-order valence-electron chi connectivity index (χ2n) is 8.58. The lowest BCUT2D eigenvalue weighted by Gasteiger charge is -2.22. The Morgan fingerprint density at radius 1 is 1.23 bits per heavy atom. The van der Waals surface area contributed by atoms with E-state index in [1.165, 1.54) is 19.3 Å². The molecule has 31 heavy (non-hydrogen) atoms. The summed E-state index contributed by atoms with van der Waals surface area (Å²) in [6.45, 7) is 3.53. The number of imidazole rings is 1. The van der Waals surface area contributed by atoms with E-state index in [1.807, 2.05) is 24.3 Å². The van der Waals surface area contributed by atoms with E-state index in [1.54, 1.807) is 6.20 Å².